The number of hydrogen-bond donors (Lipinski definition) is 1. The highest BCUT2D eigenvalue weighted by Crippen LogP contribution is 2.25. The highest BCUT2D eigenvalue weighted by atomic mass is 32.1. The number of ketones is 1. The van der Waals surface area contributed by atoms with Gasteiger partial charge in [-0.05, 0) is 31.2 Å². The van der Waals surface area contributed by atoms with E-state index in [-0.39, 0.29) is 17.1 Å². The van der Waals surface area contributed by atoms with E-state index in [0.29, 0.717) is 10.7 Å². The summed E-state index contributed by atoms with van der Waals surface area (Å²) in [5.74, 6) is -0.290. The van der Waals surface area contributed by atoms with Gasteiger partial charge in [0, 0.05) is 6.20 Å². The fourth-order valence-electron chi connectivity index (χ4n) is 2.49. The minimum atomic E-state index is -0.261. The van der Waals surface area contributed by atoms with Crippen molar-refractivity contribution in [2.45, 2.75) is 6.92 Å². The van der Waals surface area contributed by atoms with Crippen LogP contribution in [0.15, 0.2) is 54.9 Å². The minimum absolute atomic E-state index is 0.0293. The van der Waals surface area contributed by atoms with Crippen molar-refractivity contribution in [3.05, 3.63) is 71.5 Å². The van der Waals surface area contributed by atoms with Crippen LogP contribution < -0.4 is 0 Å². The van der Waals surface area contributed by atoms with Crippen LogP contribution in [0.3, 0.4) is 0 Å². The number of aryl methyl sites for hydroxylation is 1. The first-order valence-corrected chi connectivity index (χ1v) is 8.18. The van der Waals surface area contributed by atoms with E-state index < -0.39 is 0 Å². The molecule has 0 amide bonds. The van der Waals surface area contributed by atoms with Gasteiger partial charge < -0.3 is 5.11 Å². The number of phenolic OH excluding ortho intramolecular Hbond substituents is 1. The molecule has 24 heavy (non-hydrogen) atoms. The number of carbonyl (C=O) groups is 1. The highest BCUT2D eigenvalue weighted by Gasteiger charge is 2.17. The van der Waals surface area contributed by atoms with Gasteiger partial charge in [-0.15, -0.1) is 0 Å². The van der Waals surface area contributed by atoms with E-state index in [9.17, 15) is 9.90 Å². The first-order chi connectivity index (χ1) is 11.6. The van der Waals surface area contributed by atoms with Gasteiger partial charge in [0.2, 0.25) is 5.13 Å². The Labute approximate surface area is 141 Å². The van der Waals surface area contributed by atoms with Crippen molar-refractivity contribution in [2.24, 2.45) is 0 Å². The quantitative estimate of drug-likeness (QED) is 0.579. The van der Waals surface area contributed by atoms with Crippen LogP contribution in [0.2, 0.25) is 0 Å². The lowest BCUT2D eigenvalue weighted by Gasteiger charge is -2.03. The number of fused-ring (bicyclic) bond motifs is 1. The average Bonchev–Trinajstić information content (AvgIpc) is 3.22. The van der Waals surface area contributed by atoms with Crippen LogP contribution in [-0.2, 0) is 0 Å². The molecule has 1 N–H and O–H groups in total. The van der Waals surface area contributed by atoms with Gasteiger partial charge in [0.15, 0.2) is 5.78 Å². The summed E-state index contributed by atoms with van der Waals surface area (Å²) < 4.78 is 2.65. The Bertz CT molecular complexity index is 1030. The molecule has 0 saturated carbocycles. The lowest BCUT2D eigenvalue weighted by molar-refractivity contribution is 0.103. The van der Waals surface area contributed by atoms with Gasteiger partial charge in [-0.25, -0.2) is 9.67 Å². The Morgan fingerprint density at radius 1 is 1.21 bits per heavy atom. The van der Waals surface area contributed by atoms with Gasteiger partial charge in [0.05, 0.1) is 27.5 Å². The molecular weight excluding hydrogens is 322 g/mol. The zero-order valence-electron chi connectivity index (χ0n) is 12.8. The summed E-state index contributed by atoms with van der Waals surface area (Å²) in [6, 6.07) is 12.8. The van der Waals surface area contributed by atoms with E-state index in [2.05, 4.69) is 10.1 Å². The number of carbonyl (C=O) groups excluding carboxylic acids is 1. The van der Waals surface area contributed by atoms with Crippen LogP contribution in [0, 0.1) is 6.92 Å². The summed E-state index contributed by atoms with van der Waals surface area (Å²) in [5.41, 5.74) is 2.50. The monoisotopic (exact) mass is 335 g/mol. The molecule has 6 heteroatoms. The van der Waals surface area contributed by atoms with E-state index in [1.54, 1.807) is 23.0 Å². The second-order valence-corrected chi connectivity index (χ2v) is 6.50. The van der Waals surface area contributed by atoms with Gasteiger partial charge >= 0.3 is 0 Å². The lowest BCUT2D eigenvalue weighted by atomic mass is 10.0. The molecule has 2 heterocycles. The molecule has 2 aromatic carbocycles. The van der Waals surface area contributed by atoms with Gasteiger partial charge in [0.25, 0.3) is 0 Å². The lowest BCUT2D eigenvalue weighted by Crippen LogP contribution is -2.01. The molecule has 0 aliphatic rings. The topological polar surface area (TPSA) is 68.0 Å². The summed E-state index contributed by atoms with van der Waals surface area (Å²) in [6.07, 6.45) is 3.14. The summed E-state index contributed by atoms with van der Waals surface area (Å²) >= 11 is 1.51. The van der Waals surface area contributed by atoms with Crippen LogP contribution in [0.25, 0.3) is 15.3 Å². The van der Waals surface area contributed by atoms with Crippen molar-refractivity contribution in [1.29, 1.82) is 0 Å². The summed E-state index contributed by atoms with van der Waals surface area (Å²) in [4.78, 5) is 17.1. The third-order valence-electron chi connectivity index (χ3n) is 3.72. The second-order valence-electron chi connectivity index (χ2n) is 5.49. The first-order valence-electron chi connectivity index (χ1n) is 7.37. The van der Waals surface area contributed by atoms with E-state index in [1.165, 1.54) is 23.6 Å². The number of thiazole rings is 1. The Hall–Kier alpha value is -2.99. The number of rotatable bonds is 3. The first kappa shape index (κ1) is 14.6. The van der Waals surface area contributed by atoms with Gasteiger partial charge in [-0.1, -0.05) is 35.1 Å². The molecule has 0 aliphatic heterocycles. The fourth-order valence-corrected chi connectivity index (χ4v) is 3.39. The van der Waals surface area contributed by atoms with Gasteiger partial charge in [-0.3, -0.25) is 4.79 Å². The number of aromatic hydroxyl groups is 1. The Morgan fingerprint density at radius 2 is 2.04 bits per heavy atom. The molecule has 2 aromatic heterocycles. The number of benzene rings is 2. The van der Waals surface area contributed by atoms with Crippen molar-refractivity contribution in [1.82, 2.24) is 14.8 Å². The normalized spacial score (nSPS) is 11.0. The molecular formula is C18H13N3O2S. The van der Waals surface area contributed by atoms with Crippen LogP contribution >= 0.6 is 11.3 Å². The molecule has 118 valence electrons. The Balaban J connectivity index is 1.71. The maximum atomic E-state index is 12.6. The summed E-state index contributed by atoms with van der Waals surface area (Å²) in [5, 5.41) is 14.9. The third kappa shape index (κ3) is 2.47. The van der Waals surface area contributed by atoms with E-state index >= 15 is 0 Å². The SMILES string of the molecule is Cc1ccc(O)c(C(=O)c2cnn(-c3nc4ccccc4s3)c2)c1. The number of para-hydroxylation sites is 1. The predicted molar refractivity (Wildman–Crippen MR) is 93.0 cm³/mol. The predicted octanol–water partition coefficient (Wildman–Crippen LogP) is 3.73. The summed E-state index contributed by atoms with van der Waals surface area (Å²) in [7, 11) is 0. The molecule has 4 rings (SSSR count). The standard InChI is InChI=1S/C18H13N3O2S/c1-11-6-7-15(22)13(8-11)17(23)12-9-19-21(10-12)18-20-14-4-2-3-5-16(14)24-18/h2-10,22H,1H3. The zero-order chi connectivity index (χ0) is 16.7. The van der Waals surface area contributed by atoms with Crippen LogP contribution in [0.4, 0.5) is 0 Å². The maximum absolute atomic E-state index is 12.6. The van der Waals surface area contributed by atoms with E-state index in [1.807, 2.05) is 31.2 Å². The number of nitrogens with zero attached hydrogens (tertiary/aromatic N) is 3. The van der Waals surface area contributed by atoms with Gasteiger partial charge in [0.1, 0.15) is 5.75 Å². The van der Waals surface area contributed by atoms with E-state index in [4.69, 9.17) is 0 Å². The molecule has 0 radical (unpaired) electrons. The fraction of sp³-hybridized carbons (Fsp3) is 0.0556. The molecule has 4 aromatic rings. The largest absolute Gasteiger partial charge is 0.507 e. The van der Waals surface area contributed by atoms with Crippen molar-refractivity contribution in [3.63, 3.8) is 0 Å². The highest BCUT2D eigenvalue weighted by molar-refractivity contribution is 7.20. The second kappa shape index (κ2) is 5.58. The van der Waals surface area contributed by atoms with E-state index in [0.717, 1.165) is 15.8 Å². The minimum Gasteiger partial charge on any atom is -0.507 e. The molecule has 0 saturated heterocycles. The van der Waals surface area contributed by atoms with Crippen LogP contribution in [0.5, 0.6) is 5.75 Å². The zero-order valence-corrected chi connectivity index (χ0v) is 13.6. The molecule has 5 nitrogen and oxygen atoms in total. The molecule has 0 spiro atoms. The Morgan fingerprint density at radius 3 is 2.88 bits per heavy atom. The van der Waals surface area contributed by atoms with Crippen molar-refractivity contribution < 1.29 is 9.90 Å². The van der Waals surface area contributed by atoms with Crippen LogP contribution in [0.1, 0.15) is 21.5 Å². The average molecular weight is 335 g/mol. The maximum Gasteiger partial charge on any atom is 0.211 e. The molecule has 0 aliphatic carbocycles. The third-order valence-corrected chi connectivity index (χ3v) is 4.75. The molecule has 0 fully saturated rings. The van der Waals surface area contributed by atoms with Crippen molar-refractivity contribution >= 4 is 27.3 Å². The van der Waals surface area contributed by atoms with Crippen LogP contribution in [-0.4, -0.2) is 25.7 Å². The molecule has 0 unspecified atom stereocenters. The number of phenols is 1. The molecule has 0 bridgehead atoms. The van der Waals surface area contributed by atoms with Gasteiger partial charge in [-0.2, -0.15) is 5.10 Å². The smallest absolute Gasteiger partial charge is 0.211 e. The molecule has 0 atom stereocenters. The Kier molecular flexibility index (Phi) is 3.39. The van der Waals surface area contributed by atoms with Crippen molar-refractivity contribution in [2.75, 3.05) is 0 Å². The summed E-state index contributed by atoms with van der Waals surface area (Å²) in [6.45, 7) is 1.88. The number of aromatic nitrogens is 3. The van der Waals surface area contributed by atoms with Crippen molar-refractivity contribution in [3.8, 4) is 10.9 Å². The number of hydrogen-bond acceptors (Lipinski definition) is 5.